The van der Waals surface area contributed by atoms with Gasteiger partial charge in [0, 0.05) is 39.9 Å². The van der Waals surface area contributed by atoms with Gasteiger partial charge in [-0.25, -0.2) is 4.98 Å². The number of nitrogens with two attached hydrogens (primary N) is 1. The van der Waals surface area contributed by atoms with Crippen LogP contribution in [0.4, 0.5) is 5.69 Å². The molecule has 4 heteroatoms. The zero-order chi connectivity index (χ0) is 18.0. The van der Waals surface area contributed by atoms with E-state index in [4.69, 9.17) is 5.73 Å². The number of nitrogens with zero attached hydrogens (tertiary/aromatic N) is 3. The first-order valence-electron chi connectivity index (χ1n) is 8.54. The monoisotopic (exact) mass is 332 g/mol. The van der Waals surface area contributed by atoms with Gasteiger partial charge in [0.15, 0.2) is 0 Å². The second-order valence-corrected chi connectivity index (χ2v) is 6.91. The molecule has 0 amide bonds. The maximum atomic E-state index is 6.06. The molecule has 3 heterocycles. The average molecular weight is 332 g/mol. The summed E-state index contributed by atoms with van der Waals surface area (Å²) in [5, 5.41) is 3.22. The van der Waals surface area contributed by atoms with Crippen molar-refractivity contribution < 1.29 is 0 Å². The SMILES string of the molecule is CC(C)C.Cc1cc2ccn(-c3cc4c(N)cccc4cn3)c2cn1. The Hall–Kier alpha value is -2.88. The predicted octanol–water partition coefficient (Wildman–Crippen LogP) is 5.13. The van der Waals surface area contributed by atoms with Gasteiger partial charge in [-0.15, -0.1) is 0 Å². The van der Waals surface area contributed by atoms with Crippen molar-refractivity contribution in [3.05, 3.63) is 60.7 Å². The molecule has 0 aliphatic carbocycles. The lowest BCUT2D eigenvalue weighted by molar-refractivity contribution is 0.737. The lowest BCUT2D eigenvalue weighted by atomic mass is 10.1. The minimum atomic E-state index is 0.765. The Morgan fingerprint density at radius 2 is 1.72 bits per heavy atom. The van der Waals surface area contributed by atoms with Gasteiger partial charge in [0.05, 0.1) is 11.7 Å². The van der Waals surface area contributed by atoms with Gasteiger partial charge in [-0.2, -0.15) is 0 Å². The Bertz CT molecular complexity index is 1010. The number of aryl methyl sites for hydroxylation is 1. The van der Waals surface area contributed by atoms with E-state index in [0.717, 1.165) is 44.8 Å². The van der Waals surface area contributed by atoms with Crippen LogP contribution in [0.2, 0.25) is 0 Å². The van der Waals surface area contributed by atoms with Gasteiger partial charge in [0.1, 0.15) is 5.82 Å². The Morgan fingerprint density at radius 1 is 0.960 bits per heavy atom. The first-order valence-corrected chi connectivity index (χ1v) is 8.54. The summed E-state index contributed by atoms with van der Waals surface area (Å²) in [6.45, 7) is 8.49. The van der Waals surface area contributed by atoms with E-state index in [1.807, 2.05) is 54.3 Å². The molecule has 0 fully saturated rings. The maximum absolute atomic E-state index is 6.06. The summed E-state index contributed by atoms with van der Waals surface area (Å²) in [5.41, 5.74) is 8.88. The lowest BCUT2D eigenvalue weighted by Crippen LogP contribution is -1.97. The average Bonchev–Trinajstić information content (AvgIpc) is 2.97. The molecule has 0 atom stereocenters. The second-order valence-electron chi connectivity index (χ2n) is 6.91. The number of pyridine rings is 2. The molecule has 2 N–H and O–H groups in total. The van der Waals surface area contributed by atoms with Gasteiger partial charge < -0.3 is 5.73 Å². The van der Waals surface area contributed by atoms with Crippen molar-refractivity contribution in [3.8, 4) is 5.82 Å². The quantitative estimate of drug-likeness (QED) is 0.492. The Kier molecular flexibility index (Phi) is 4.70. The summed E-state index contributed by atoms with van der Waals surface area (Å²) in [7, 11) is 0. The van der Waals surface area contributed by atoms with E-state index >= 15 is 0 Å². The number of hydrogen-bond donors (Lipinski definition) is 1. The molecule has 4 rings (SSSR count). The van der Waals surface area contributed by atoms with E-state index in [1.54, 1.807) is 0 Å². The molecular weight excluding hydrogens is 308 g/mol. The molecular formula is C21H24N4. The van der Waals surface area contributed by atoms with Crippen LogP contribution in [0, 0.1) is 12.8 Å². The number of rotatable bonds is 1. The summed E-state index contributed by atoms with van der Waals surface area (Å²) in [4.78, 5) is 8.91. The number of benzene rings is 1. The van der Waals surface area contributed by atoms with Crippen molar-refractivity contribution >= 4 is 27.4 Å². The third kappa shape index (κ3) is 3.63. The molecule has 0 bridgehead atoms. The van der Waals surface area contributed by atoms with Crippen LogP contribution < -0.4 is 5.73 Å². The molecule has 0 aliphatic heterocycles. The molecule has 25 heavy (non-hydrogen) atoms. The summed E-state index contributed by atoms with van der Waals surface area (Å²) in [5.74, 6) is 1.68. The van der Waals surface area contributed by atoms with Gasteiger partial charge in [0.2, 0.25) is 0 Å². The standard InChI is InChI=1S/C17H14N4.C4H10/c1-11-7-12-5-6-21(16(12)10-19-11)17-8-14-13(9-20-17)3-2-4-15(14)18;1-4(2)3/h2-10H,18H2,1H3;4H,1-3H3. The summed E-state index contributed by atoms with van der Waals surface area (Å²) < 4.78 is 2.04. The summed E-state index contributed by atoms with van der Waals surface area (Å²) in [6.07, 6.45) is 5.75. The van der Waals surface area contributed by atoms with Gasteiger partial charge in [-0.1, -0.05) is 32.9 Å². The van der Waals surface area contributed by atoms with Crippen molar-refractivity contribution in [1.29, 1.82) is 0 Å². The van der Waals surface area contributed by atoms with Crippen LogP contribution in [0.15, 0.2) is 55.0 Å². The third-order valence-corrected chi connectivity index (χ3v) is 3.74. The van der Waals surface area contributed by atoms with Crippen LogP contribution in [0.25, 0.3) is 27.5 Å². The zero-order valence-electron chi connectivity index (χ0n) is 15.2. The van der Waals surface area contributed by atoms with Crippen molar-refractivity contribution in [3.63, 3.8) is 0 Å². The molecule has 3 aromatic heterocycles. The Labute approximate surface area is 148 Å². The molecule has 4 aromatic rings. The van der Waals surface area contributed by atoms with Gasteiger partial charge in [-0.05, 0) is 37.1 Å². The summed E-state index contributed by atoms with van der Waals surface area (Å²) in [6, 6.07) is 12.0. The molecule has 0 aliphatic rings. The predicted molar refractivity (Wildman–Crippen MR) is 106 cm³/mol. The van der Waals surface area contributed by atoms with E-state index in [-0.39, 0.29) is 0 Å². The van der Waals surface area contributed by atoms with Crippen molar-refractivity contribution in [2.75, 3.05) is 5.73 Å². The van der Waals surface area contributed by atoms with E-state index in [0.29, 0.717) is 0 Å². The number of nitrogen functional groups attached to an aromatic ring is 1. The molecule has 4 nitrogen and oxygen atoms in total. The molecule has 128 valence electrons. The first kappa shape index (κ1) is 17.0. The topological polar surface area (TPSA) is 56.7 Å². The molecule has 0 saturated carbocycles. The van der Waals surface area contributed by atoms with Crippen LogP contribution in [0.3, 0.4) is 0 Å². The highest BCUT2D eigenvalue weighted by Crippen LogP contribution is 2.25. The molecule has 1 aromatic carbocycles. The minimum Gasteiger partial charge on any atom is -0.398 e. The van der Waals surface area contributed by atoms with Crippen molar-refractivity contribution in [1.82, 2.24) is 14.5 Å². The van der Waals surface area contributed by atoms with Gasteiger partial charge >= 0.3 is 0 Å². The Morgan fingerprint density at radius 3 is 2.48 bits per heavy atom. The molecule has 0 radical (unpaired) electrons. The van der Waals surface area contributed by atoms with Crippen LogP contribution in [0.1, 0.15) is 26.5 Å². The largest absolute Gasteiger partial charge is 0.398 e. The van der Waals surface area contributed by atoms with E-state index in [1.165, 1.54) is 0 Å². The fourth-order valence-electron chi connectivity index (χ4n) is 2.66. The highest BCUT2D eigenvalue weighted by Gasteiger charge is 2.07. The number of fused-ring (bicyclic) bond motifs is 2. The van der Waals surface area contributed by atoms with Crippen LogP contribution in [0.5, 0.6) is 0 Å². The zero-order valence-corrected chi connectivity index (χ0v) is 15.2. The number of aromatic nitrogens is 3. The minimum absolute atomic E-state index is 0.765. The van der Waals surface area contributed by atoms with E-state index in [2.05, 4.69) is 42.9 Å². The molecule has 0 spiro atoms. The lowest BCUT2D eigenvalue weighted by Gasteiger charge is -2.07. The molecule has 0 saturated heterocycles. The number of hydrogen-bond acceptors (Lipinski definition) is 3. The number of anilines is 1. The first-order chi connectivity index (χ1) is 12.0. The van der Waals surface area contributed by atoms with Crippen LogP contribution >= 0.6 is 0 Å². The van der Waals surface area contributed by atoms with E-state index in [9.17, 15) is 0 Å². The van der Waals surface area contributed by atoms with Crippen LogP contribution in [-0.2, 0) is 0 Å². The van der Waals surface area contributed by atoms with Crippen LogP contribution in [-0.4, -0.2) is 14.5 Å². The normalized spacial score (nSPS) is 10.9. The Balaban J connectivity index is 0.000000415. The second kappa shape index (κ2) is 6.93. The maximum Gasteiger partial charge on any atom is 0.137 e. The van der Waals surface area contributed by atoms with Gasteiger partial charge in [0.25, 0.3) is 0 Å². The highest BCUT2D eigenvalue weighted by atomic mass is 15.1. The molecule has 0 unspecified atom stereocenters. The fraction of sp³-hybridized carbons (Fsp3) is 0.238. The third-order valence-electron chi connectivity index (χ3n) is 3.74. The summed E-state index contributed by atoms with van der Waals surface area (Å²) >= 11 is 0. The highest BCUT2D eigenvalue weighted by molar-refractivity contribution is 5.93. The smallest absolute Gasteiger partial charge is 0.137 e. The van der Waals surface area contributed by atoms with Crippen molar-refractivity contribution in [2.24, 2.45) is 5.92 Å². The fourth-order valence-corrected chi connectivity index (χ4v) is 2.66. The van der Waals surface area contributed by atoms with E-state index < -0.39 is 0 Å². The van der Waals surface area contributed by atoms with Crippen molar-refractivity contribution in [2.45, 2.75) is 27.7 Å². The van der Waals surface area contributed by atoms with Gasteiger partial charge in [-0.3, -0.25) is 9.55 Å².